The molecule has 2 aliphatic rings. The molecule has 1 fully saturated rings. The molecular formula is C26H40N6O. The molecule has 33 heavy (non-hydrogen) atoms. The maximum Gasteiger partial charge on any atom is 0.161 e. The maximum absolute atomic E-state index is 5.17. The molecule has 4 rings (SSSR count). The molecule has 0 amide bonds. The zero-order valence-electron chi connectivity index (χ0n) is 20.6. The summed E-state index contributed by atoms with van der Waals surface area (Å²) < 4.78 is 5.17. The van der Waals surface area contributed by atoms with E-state index in [0.717, 1.165) is 88.9 Å². The van der Waals surface area contributed by atoms with E-state index in [9.17, 15) is 0 Å². The number of rotatable bonds is 10. The molecule has 0 atom stereocenters. The molecule has 0 spiro atoms. The third-order valence-electron chi connectivity index (χ3n) is 6.86. The fraction of sp³-hybridized carbons (Fsp3) is 0.615. The number of nitrogens with one attached hydrogen (secondary N) is 1. The fourth-order valence-electron chi connectivity index (χ4n) is 4.67. The van der Waals surface area contributed by atoms with Crippen molar-refractivity contribution in [3.63, 3.8) is 0 Å². The molecule has 0 saturated carbocycles. The summed E-state index contributed by atoms with van der Waals surface area (Å²) >= 11 is 0. The molecule has 180 valence electrons. The Morgan fingerprint density at radius 2 is 1.76 bits per heavy atom. The van der Waals surface area contributed by atoms with Crippen LogP contribution in [0, 0.1) is 0 Å². The van der Waals surface area contributed by atoms with Crippen molar-refractivity contribution in [2.24, 2.45) is 0 Å². The van der Waals surface area contributed by atoms with Gasteiger partial charge in [-0.25, -0.2) is 9.97 Å². The molecule has 1 aliphatic heterocycles. The second-order valence-corrected chi connectivity index (χ2v) is 9.44. The summed E-state index contributed by atoms with van der Waals surface area (Å²) in [5.41, 5.74) is 4.95. The zero-order chi connectivity index (χ0) is 23.0. The molecule has 1 saturated heterocycles. The van der Waals surface area contributed by atoms with Gasteiger partial charge in [-0.3, -0.25) is 0 Å². The Morgan fingerprint density at radius 1 is 1.00 bits per heavy atom. The van der Waals surface area contributed by atoms with Crippen LogP contribution in [0.5, 0.6) is 0 Å². The van der Waals surface area contributed by atoms with E-state index in [-0.39, 0.29) is 0 Å². The Bertz CT molecular complexity index is 879. The average Bonchev–Trinajstić information content (AvgIpc) is 2.85. The number of fused-ring (bicyclic) bond motifs is 1. The Morgan fingerprint density at radius 3 is 2.52 bits per heavy atom. The summed E-state index contributed by atoms with van der Waals surface area (Å²) in [7, 11) is 6.10. The van der Waals surface area contributed by atoms with Crippen LogP contribution in [0.25, 0.3) is 11.4 Å². The van der Waals surface area contributed by atoms with Gasteiger partial charge >= 0.3 is 0 Å². The van der Waals surface area contributed by atoms with Gasteiger partial charge in [-0.2, -0.15) is 0 Å². The first-order valence-corrected chi connectivity index (χ1v) is 12.5. The van der Waals surface area contributed by atoms with Crippen LogP contribution in [0.1, 0.15) is 30.5 Å². The van der Waals surface area contributed by atoms with Gasteiger partial charge in [0.25, 0.3) is 0 Å². The number of aromatic nitrogens is 2. The number of aryl methyl sites for hydroxylation is 1. The van der Waals surface area contributed by atoms with E-state index in [1.165, 1.54) is 29.8 Å². The third-order valence-corrected chi connectivity index (χ3v) is 6.86. The molecule has 1 aliphatic carbocycles. The lowest BCUT2D eigenvalue weighted by molar-refractivity contribution is 0.161. The van der Waals surface area contributed by atoms with Crippen LogP contribution in [0.2, 0.25) is 0 Å². The van der Waals surface area contributed by atoms with Crippen LogP contribution in [-0.4, -0.2) is 93.4 Å². The Labute approximate surface area is 199 Å². The van der Waals surface area contributed by atoms with E-state index in [4.69, 9.17) is 14.7 Å². The van der Waals surface area contributed by atoms with Crippen LogP contribution in [-0.2, 0) is 17.6 Å². The second-order valence-electron chi connectivity index (χ2n) is 9.44. The zero-order valence-corrected chi connectivity index (χ0v) is 20.6. The van der Waals surface area contributed by atoms with E-state index in [1.807, 2.05) is 0 Å². The summed E-state index contributed by atoms with van der Waals surface area (Å²) in [6, 6.07) is 8.83. The van der Waals surface area contributed by atoms with Crippen molar-refractivity contribution in [2.75, 3.05) is 83.8 Å². The molecule has 2 heterocycles. The smallest absolute Gasteiger partial charge is 0.161 e. The minimum atomic E-state index is 0.778. The van der Waals surface area contributed by atoms with Crippen LogP contribution in [0.15, 0.2) is 24.3 Å². The largest absolute Gasteiger partial charge is 0.383 e. The first kappa shape index (κ1) is 23.9. The van der Waals surface area contributed by atoms with Crippen molar-refractivity contribution in [2.45, 2.75) is 32.1 Å². The van der Waals surface area contributed by atoms with Gasteiger partial charge in [0, 0.05) is 68.9 Å². The Balaban J connectivity index is 1.44. The molecular weight excluding hydrogens is 412 g/mol. The number of hydrogen-bond acceptors (Lipinski definition) is 7. The molecule has 1 aromatic carbocycles. The standard InChI is InChI=1S/C26H40N6O/c1-30(19-20-33-3)14-6-13-27-26-23-7-4-5-8-24(23)28-25(29-26)21-9-11-22(12-10-21)32-17-15-31(2)16-18-32/h9-12H,4-8,13-20H2,1-3H3,(H,27,28,29). The molecule has 7 nitrogen and oxygen atoms in total. The highest BCUT2D eigenvalue weighted by Crippen LogP contribution is 2.29. The lowest BCUT2D eigenvalue weighted by Gasteiger charge is -2.34. The Hall–Kier alpha value is -2.22. The van der Waals surface area contributed by atoms with Crippen LogP contribution in [0.4, 0.5) is 11.5 Å². The second kappa shape index (κ2) is 11.8. The monoisotopic (exact) mass is 452 g/mol. The number of nitrogens with zero attached hydrogens (tertiary/aromatic N) is 5. The van der Waals surface area contributed by atoms with Gasteiger partial charge in [0.15, 0.2) is 5.82 Å². The summed E-state index contributed by atoms with van der Waals surface area (Å²) in [6.45, 7) is 8.11. The first-order valence-electron chi connectivity index (χ1n) is 12.5. The first-order chi connectivity index (χ1) is 16.1. The normalized spacial score (nSPS) is 16.8. The molecule has 0 unspecified atom stereocenters. The fourth-order valence-corrected chi connectivity index (χ4v) is 4.67. The SMILES string of the molecule is COCCN(C)CCCNc1nc(-c2ccc(N3CCN(C)CC3)cc2)nc2c1CCCC2. The number of hydrogen-bond donors (Lipinski definition) is 1. The molecule has 1 aromatic heterocycles. The third kappa shape index (κ3) is 6.43. The van der Waals surface area contributed by atoms with Crippen molar-refractivity contribution in [1.82, 2.24) is 19.8 Å². The molecule has 0 bridgehead atoms. The highest BCUT2D eigenvalue weighted by atomic mass is 16.5. The highest BCUT2D eigenvalue weighted by Gasteiger charge is 2.19. The maximum atomic E-state index is 5.17. The number of piperazine rings is 1. The van der Waals surface area contributed by atoms with E-state index in [0.29, 0.717) is 0 Å². The van der Waals surface area contributed by atoms with Crippen LogP contribution < -0.4 is 10.2 Å². The molecule has 0 radical (unpaired) electrons. The summed E-state index contributed by atoms with van der Waals surface area (Å²) in [4.78, 5) is 17.2. The number of ether oxygens (including phenoxy) is 1. The number of benzene rings is 1. The van der Waals surface area contributed by atoms with Gasteiger partial charge in [-0.1, -0.05) is 0 Å². The van der Waals surface area contributed by atoms with E-state index < -0.39 is 0 Å². The predicted octanol–water partition coefficient (Wildman–Crippen LogP) is 3.15. The lowest BCUT2D eigenvalue weighted by atomic mass is 9.96. The quantitative estimate of drug-likeness (QED) is 0.556. The summed E-state index contributed by atoms with van der Waals surface area (Å²) in [5, 5.41) is 3.64. The highest BCUT2D eigenvalue weighted by molar-refractivity contribution is 5.63. The summed E-state index contributed by atoms with van der Waals surface area (Å²) in [6.07, 6.45) is 5.65. The van der Waals surface area contributed by atoms with E-state index in [2.05, 4.69) is 58.4 Å². The van der Waals surface area contributed by atoms with Gasteiger partial charge in [0.1, 0.15) is 5.82 Å². The Kier molecular flexibility index (Phi) is 8.53. The number of likely N-dealkylation sites (N-methyl/N-ethyl adjacent to an activating group) is 2. The van der Waals surface area contributed by atoms with Gasteiger partial charge in [-0.15, -0.1) is 0 Å². The lowest BCUT2D eigenvalue weighted by Crippen LogP contribution is -2.44. The summed E-state index contributed by atoms with van der Waals surface area (Å²) in [5.74, 6) is 1.89. The van der Waals surface area contributed by atoms with Crippen LogP contribution >= 0.6 is 0 Å². The van der Waals surface area contributed by atoms with Crippen LogP contribution in [0.3, 0.4) is 0 Å². The van der Waals surface area contributed by atoms with Gasteiger partial charge in [0.05, 0.1) is 6.61 Å². The van der Waals surface area contributed by atoms with Gasteiger partial charge < -0.3 is 24.8 Å². The topological polar surface area (TPSA) is 56.8 Å². The minimum Gasteiger partial charge on any atom is -0.383 e. The average molecular weight is 453 g/mol. The van der Waals surface area contributed by atoms with Crippen molar-refractivity contribution in [1.29, 1.82) is 0 Å². The van der Waals surface area contributed by atoms with Crippen molar-refractivity contribution in [3.8, 4) is 11.4 Å². The molecule has 1 N–H and O–H groups in total. The molecule has 2 aromatic rings. The van der Waals surface area contributed by atoms with Gasteiger partial charge in [-0.05, 0) is 77.0 Å². The van der Waals surface area contributed by atoms with Gasteiger partial charge in [0.2, 0.25) is 0 Å². The van der Waals surface area contributed by atoms with Crippen molar-refractivity contribution < 1.29 is 4.74 Å². The minimum absolute atomic E-state index is 0.778. The van der Waals surface area contributed by atoms with Crippen molar-refractivity contribution in [3.05, 3.63) is 35.5 Å². The van der Waals surface area contributed by atoms with E-state index >= 15 is 0 Å². The van der Waals surface area contributed by atoms with E-state index in [1.54, 1.807) is 7.11 Å². The number of methoxy groups -OCH3 is 1. The van der Waals surface area contributed by atoms with Crippen molar-refractivity contribution >= 4 is 11.5 Å². The predicted molar refractivity (Wildman–Crippen MR) is 136 cm³/mol. The number of anilines is 2. The molecule has 7 heteroatoms.